The lowest BCUT2D eigenvalue weighted by molar-refractivity contribution is -0.138. The molecule has 7 heteroatoms. The van der Waals surface area contributed by atoms with E-state index in [0.29, 0.717) is 24.3 Å². The second-order valence-electron chi connectivity index (χ2n) is 10.2. The monoisotopic (exact) mass is 465 g/mol. The Hall–Kier alpha value is -2.44. The van der Waals surface area contributed by atoms with E-state index >= 15 is 0 Å². The van der Waals surface area contributed by atoms with E-state index in [-0.39, 0.29) is 29.1 Å². The van der Waals surface area contributed by atoms with Crippen molar-refractivity contribution in [1.82, 2.24) is 0 Å². The summed E-state index contributed by atoms with van der Waals surface area (Å²) in [5, 5.41) is 9.40. The minimum Gasteiger partial charge on any atom is -0.490 e. The zero-order valence-corrected chi connectivity index (χ0v) is 19.8. The molecule has 4 nitrogen and oxygen atoms in total. The van der Waals surface area contributed by atoms with Crippen LogP contribution in [0.3, 0.4) is 0 Å². The van der Waals surface area contributed by atoms with E-state index in [1.165, 1.54) is 12.1 Å². The fraction of sp³-hybridized carbons (Fsp3) is 0.577. The van der Waals surface area contributed by atoms with Crippen molar-refractivity contribution < 1.29 is 27.8 Å². The molecule has 3 rings (SSSR count). The highest BCUT2D eigenvalue weighted by atomic mass is 19.4. The van der Waals surface area contributed by atoms with Crippen LogP contribution in [-0.4, -0.2) is 30.8 Å². The van der Waals surface area contributed by atoms with Gasteiger partial charge < -0.3 is 14.7 Å². The first-order valence-electron chi connectivity index (χ1n) is 11.6. The van der Waals surface area contributed by atoms with Gasteiger partial charge >= 0.3 is 12.1 Å². The third kappa shape index (κ3) is 6.33. The number of benzene rings is 2. The SMILES string of the molecule is CN(CCCC(=O)O)c1ccc2c(C(F)(F)F)c(OC3CCC(C(C)(C)C)CC3)ccc2c1. The lowest BCUT2D eigenvalue weighted by Crippen LogP contribution is -2.31. The highest BCUT2D eigenvalue weighted by Gasteiger charge is 2.38. The highest BCUT2D eigenvalue weighted by Crippen LogP contribution is 2.44. The van der Waals surface area contributed by atoms with Crippen LogP contribution in [-0.2, 0) is 11.0 Å². The van der Waals surface area contributed by atoms with Gasteiger partial charge in [0.1, 0.15) is 11.3 Å². The molecule has 0 spiro atoms. The van der Waals surface area contributed by atoms with Crippen molar-refractivity contribution in [3.63, 3.8) is 0 Å². The molecular formula is C26H34F3NO3. The van der Waals surface area contributed by atoms with Crippen LogP contribution in [0.2, 0.25) is 0 Å². The average Bonchev–Trinajstić information content (AvgIpc) is 2.71. The maximum atomic E-state index is 14.1. The van der Waals surface area contributed by atoms with Gasteiger partial charge in [-0.15, -0.1) is 0 Å². The van der Waals surface area contributed by atoms with Gasteiger partial charge in [-0.25, -0.2) is 0 Å². The Morgan fingerprint density at radius 1 is 1.09 bits per heavy atom. The molecule has 182 valence electrons. The summed E-state index contributed by atoms with van der Waals surface area (Å²) in [5.74, 6) is -0.408. The summed E-state index contributed by atoms with van der Waals surface area (Å²) in [6.45, 7) is 7.13. The molecule has 1 saturated carbocycles. The Kier molecular flexibility index (Phi) is 7.49. The number of hydrogen-bond donors (Lipinski definition) is 1. The number of rotatable bonds is 7. The molecule has 0 bridgehead atoms. The van der Waals surface area contributed by atoms with Gasteiger partial charge in [-0.1, -0.05) is 32.9 Å². The average molecular weight is 466 g/mol. The van der Waals surface area contributed by atoms with Gasteiger partial charge in [0.2, 0.25) is 0 Å². The van der Waals surface area contributed by atoms with E-state index in [1.54, 1.807) is 25.2 Å². The Morgan fingerprint density at radius 3 is 2.33 bits per heavy atom. The lowest BCUT2D eigenvalue weighted by atomic mass is 9.72. The number of fused-ring (bicyclic) bond motifs is 1. The quantitative estimate of drug-likeness (QED) is 0.472. The number of nitrogens with zero attached hydrogens (tertiary/aromatic N) is 1. The Bertz CT molecular complexity index is 973. The smallest absolute Gasteiger partial charge is 0.420 e. The van der Waals surface area contributed by atoms with E-state index in [9.17, 15) is 18.0 Å². The van der Waals surface area contributed by atoms with Crippen molar-refractivity contribution in [1.29, 1.82) is 0 Å². The molecule has 0 heterocycles. The number of carbonyl (C=O) groups is 1. The zero-order valence-electron chi connectivity index (χ0n) is 19.8. The molecule has 0 amide bonds. The first-order chi connectivity index (χ1) is 15.4. The van der Waals surface area contributed by atoms with E-state index in [0.717, 1.165) is 31.4 Å². The lowest BCUT2D eigenvalue weighted by Gasteiger charge is -2.37. The van der Waals surface area contributed by atoms with Crippen LogP contribution < -0.4 is 9.64 Å². The summed E-state index contributed by atoms with van der Waals surface area (Å²) in [6.07, 6.45) is -0.791. The van der Waals surface area contributed by atoms with E-state index < -0.39 is 17.7 Å². The maximum Gasteiger partial charge on any atom is 0.420 e. The molecule has 33 heavy (non-hydrogen) atoms. The topological polar surface area (TPSA) is 49.8 Å². The largest absolute Gasteiger partial charge is 0.490 e. The maximum absolute atomic E-state index is 14.1. The summed E-state index contributed by atoms with van der Waals surface area (Å²) in [4.78, 5) is 12.6. The number of carboxylic acid groups (broad SMARTS) is 1. The molecule has 0 radical (unpaired) electrons. The van der Waals surface area contributed by atoms with Crippen LogP contribution in [0.4, 0.5) is 18.9 Å². The number of halogens is 3. The van der Waals surface area contributed by atoms with Crippen LogP contribution in [0.5, 0.6) is 5.75 Å². The van der Waals surface area contributed by atoms with Gasteiger partial charge in [0.25, 0.3) is 0 Å². The number of alkyl halides is 3. The highest BCUT2D eigenvalue weighted by molar-refractivity contribution is 5.91. The van der Waals surface area contributed by atoms with Crippen molar-refractivity contribution >= 4 is 22.4 Å². The van der Waals surface area contributed by atoms with Gasteiger partial charge in [0, 0.05) is 25.7 Å². The van der Waals surface area contributed by atoms with Gasteiger partial charge in [-0.3, -0.25) is 4.79 Å². The summed E-state index contributed by atoms with van der Waals surface area (Å²) >= 11 is 0. The predicted octanol–water partition coefficient (Wildman–Crippen LogP) is 7.14. The van der Waals surface area contributed by atoms with Crippen LogP contribution in [0.1, 0.15) is 64.9 Å². The first kappa shape index (κ1) is 25.2. The van der Waals surface area contributed by atoms with Crippen molar-refractivity contribution in [2.24, 2.45) is 11.3 Å². The molecule has 1 N–H and O–H groups in total. The number of aliphatic carboxylic acids is 1. The molecule has 1 aliphatic carbocycles. The van der Waals surface area contributed by atoms with E-state index in [2.05, 4.69) is 20.8 Å². The molecule has 0 aromatic heterocycles. The van der Waals surface area contributed by atoms with E-state index in [4.69, 9.17) is 9.84 Å². The number of ether oxygens (including phenoxy) is 1. The van der Waals surface area contributed by atoms with Crippen LogP contribution in [0.25, 0.3) is 10.8 Å². The second kappa shape index (κ2) is 9.82. The number of carboxylic acids is 1. The van der Waals surface area contributed by atoms with E-state index in [1.807, 2.05) is 4.90 Å². The van der Waals surface area contributed by atoms with Crippen LogP contribution in [0, 0.1) is 11.3 Å². The van der Waals surface area contributed by atoms with Crippen LogP contribution >= 0.6 is 0 Å². The van der Waals surface area contributed by atoms with Crippen LogP contribution in [0.15, 0.2) is 30.3 Å². The first-order valence-corrected chi connectivity index (χ1v) is 11.6. The molecule has 0 unspecified atom stereocenters. The Morgan fingerprint density at radius 2 is 1.76 bits per heavy atom. The normalized spacial score (nSPS) is 19.5. The molecule has 0 aliphatic heterocycles. The Labute approximate surface area is 193 Å². The van der Waals surface area contributed by atoms with Crippen molar-refractivity contribution in [2.75, 3.05) is 18.5 Å². The van der Waals surface area contributed by atoms with Crippen molar-refractivity contribution in [3.8, 4) is 5.75 Å². The summed E-state index contributed by atoms with van der Waals surface area (Å²) in [6, 6.07) is 7.97. The number of anilines is 1. The fourth-order valence-corrected chi connectivity index (χ4v) is 4.75. The summed E-state index contributed by atoms with van der Waals surface area (Å²) < 4.78 is 48.3. The van der Waals surface area contributed by atoms with Crippen molar-refractivity contribution in [3.05, 3.63) is 35.9 Å². The van der Waals surface area contributed by atoms with Gasteiger partial charge in [0.05, 0.1) is 6.10 Å². The third-order valence-electron chi connectivity index (χ3n) is 6.77. The van der Waals surface area contributed by atoms with Crippen molar-refractivity contribution in [2.45, 2.75) is 71.6 Å². The van der Waals surface area contributed by atoms with Gasteiger partial charge in [-0.2, -0.15) is 13.2 Å². The fourth-order valence-electron chi connectivity index (χ4n) is 4.75. The molecule has 2 aromatic rings. The minimum absolute atomic E-state index is 0.0501. The standard InChI is InChI=1S/C26H34F3NO3/c1-25(2,3)18-8-11-20(12-9-18)33-22-14-7-17-16-19(30(4)15-5-6-23(31)32)10-13-21(17)24(22)26(27,28)29/h7,10,13-14,16,18,20H,5-6,8-9,11-12,15H2,1-4H3,(H,31,32). The molecule has 2 aromatic carbocycles. The summed E-state index contributed by atoms with van der Waals surface area (Å²) in [5.41, 5.74) is 0.219. The summed E-state index contributed by atoms with van der Waals surface area (Å²) in [7, 11) is 1.80. The Balaban J connectivity index is 1.82. The zero-order chi connectivity index (χ0) is 24.4. The number of hydrogen-bond acceptors (Lipinski definition) is 3. The molecule has 0 atom stereocenters. The predicted molar refractivity (Wildman–Crippen MR) is 125 cm³/mol. The second-order valence-corrected chi connectivity index (χ2v) is 10.2. The molecule has 0 saturated heterocycles. The third-order valence-corrected chi connectivity index (χ3v) is 6.77. The minimum atomic E-state index is -4.54. The molecular weight excluding hydrogens is 431 g/mol. The molecule has 1 aliphatic rings. The van der Waals surface area contributed by atoms with Gasteiger partial charge in [0.15, 0.2) is 0 Å². The van der Waals surface area contributed by atoms with Gasteiger partial charge in [-0.05, 0) is 72.4 Å². The molecule has 1 fully saturated rings.